The van der Waals surface area contributed by atoms with E-state index in [0.717, 1.165) is 53.3 Å². The number of oxime groups is 1. The number of hydrogen-bond donors (Lipinski definition) is 2. The van der Waals surface area contributed by atoms with Crippen LogP contribution in [-0.4, -0.2) is 64.2 Å². The van der Waals surface area contributed by atoms with Gasteiger partial charge in [-0.1, -0.05) is 23.4 Å². The van der Waals surface area contributed by atoms with E-state index in [1.54, 1.807) is 18.2 Å². The van der Waals surface area contributed by atoms with Gasteiger partial charge < -0.3 is 14.9 Å². The number of aromatic amines is 1. The smallest absolute Gasteiger partial charge is 0.199 e. The fourth-order valence-electron chi connectivity index (χ4n) is 3.93. The number of aromatic hydroxyl groups is 1. The van der Waals surface area contributed by atoms with Crippen molar-refractivity contribution >= 4 is 39.8 Å². The number of rotatable bonds is 5. The van der Waals surface area contributed by atoms with Gasteiger partial charge in [0, 0.05) is 47.6 Å². The second kappa shape index (κ2) is 8.46. The molecule has 5 rings (SSSR count). The molecule has 1 fully saturated rings. The number of nitriles is 1. The van der Waals surface area contributed by atoms with E-state index in [0.29, 0.717) is 29.2 Å². The van der Waals surface area contributed by atoms with Crippen molar-refractivity contribution in [1.82, 2.24) is 9.88 Å². The normalized spacial score (nSPS) is 17.5. The molecule has 0 saturated carbocycles. The molecule has 0 atom stereocenters. The molecule has 3 heterocycles. The van der Waals surface area contributed by atoms with Crippen LogP contribution in [0, 0.1) is 11.3 Å². The lowest BCUT2D eigenvalue weighted by atomic mass is 10.0. The summed E-state index contributed by atoms with van der Waals surface area (Å²) in [7, 11) is 0. The average Bonchev–Trinajstić information content (AvgIpc) is 3.33. The molecular formula is C23H21N5O2S. The Labute approximate surface area is 184 Å². The summed E-state index contributed by atoms with van der Waals surface area (Å²) in [4.78, 5) is 15.8. The lowest BCUT2D eigenvalue weighted by Crippen LogP contribution is -2.35. The Morgan fingerprint density at radius 3 is 2.90 bits per heavy atom. The zero-order valence-corrected chi connectivity index (χ0v) is 17.7. The number of aromatic nitrogens is 1. The fraction of sp³-hybridized carbons (Fsp3) is 0.261. The summed E-state index contributed by atoms with van der Waals surface area (Å²) in [6.07, 6.45) is 0. The van der Waals surface area contributed by atoms with Crippen molar-refractivity contribution < 1.29 is 9.94 Å². The Hall–Kier alpha value is -3.28. The third-order valence-electron chi connectivity index (χ3n) is 5.52. The van der Waals surface area contributed by atoms with Crippen LogP contribution in [0.15, 0.2) is 52.6 Å². The molecule has 8 heteroatoms. The number of benzene rings is 2. The van der Waals surface area contributed by atoms with E-state index < -0.39 is 0 Å². The van der Waals surface area contributed by atoms with Gasteiger partial charge in [-0.2, -0.15) is 17.0 Å². The lowest BCUT2D eigenvalue weighted by molar-refractivity contribution is 0.115. The number of para-hydroxylation sites is 1. The molecule has 2 aliphatic rings. The van der Waals surface area contributed by atoms with Crippen LogP contribution in [0.3, 0.4) is 0 Å². The SMILES string of the molecule is N#Cc1ccc2[nH]c(O)c(C3=Nc4ccccc4/C3=N\OCCN3CCSCC3)c2c1. The van der Waals surface area contributed by atoms with Gasteiger partial charge in [0.05, 0.1) is 22.9 Å². The molecule has 3 aromatic rings. The number of nitrogens with zero attached hydrogens (tertiary/aromatic N) is 4. The van der Waals surface area contributed by atoms with E-state index in [-0.39, 0.29) is 5.88 Å². The first kappa shape index (κ1) is 19.7. The van der Waals surface area contributed by atoms with Gasteiger partial charge in [-0.05, 0) is 24.3 Å². The zero-order chi connectivity index (χ0) is 21.2. The van der Waals surface area contributed by atoms with Gasteiger partial charge >= 0.3 is 0 Å². The number of nitrogens with one attached hydrogen (secondary N) is 1. The third-order valence-corrected chi connectivity index (χ3v) is 6.46. The van der Waals surface area contributed by atoms with Crippen molar-refractivity contribution in [3.63, 3.8) is 0 Å². The number of fused-ring (bicyclic) bond motifs is 2. The summed E-state index contributed by atoms with van der Waals surface area (Å²) in [5.41, 5.74) is 4.53. The van der Waals surface area contributed by atoms with Crippen LogP contribution in [0.5, 0.6) is 5.88 Å². The van der Waals surface area contributed by atoms with Crippen molar-refractivity contribution in [3.05, 3.63) is 59.2 Å². The van der Waals surface area contributed by atoms with E-state index in [4.69, 9.17) is 9.83 Å². The summed E-state index contributed by atoms with van der Waals surface area (Å²) in [5, 5.41) is 25.1. The van der Waals surface area contributed by atoms with Crippen molar-refractivity contribution in [1.29, 1.82) is 5.26 Å². The molecule has 156 valence electrons. The molecule has 0 radical (unpaired) electrons. The summed E-state index contributed by atoms with van der Waals surface area (Å²) < 4.78 is 0. The highest BCUT2D eigenvalue weighted by molar-refractivity contribution is 7.99. The maximum atomic E-state index is 10.7. The van der Waals surface area contributed by atoms with E-state index in [1.165, 1.54) is 0 Å². The highest BCUT2D eigenvalue weighted by Gasteiger charge is 2.29. The van der Waals surface area contributed by atoms with Crippen molar-refractivity contribution in [2.75, 3.05) is 37.7 Å². The predicted molar refractivity (Wildman–Crippen MR) is 124 cm³/mol. The molecule has 31 heavy (non-hydrogen) atoms. The van der Waals surface area contributed by atoms with E-state index in [1.807, 2.05) is 36.0 Å². The standard InChI is InChI=1S/C23H21N5O2S/c24-14-15-5-6-19-17(13-15)20(23(29)26-19)22-21(16-3-1-2-4-18(16)25-22)27-30-10-7-28-8-11-31-12-9-28/h1-6,13,26,29H,7-12H2/b27-21+. The first-order valence-electron chi connectivity index (χ1n) is 10.2. The molecule has 7 nitrogen and oxygen atoms in total. The molecule has 0 unspecified atom stereocenters. The number of H-pyrrole nitrogens is 1. The molecule has 0 bridgehead atoms. The van der Waals surface area contributed by atoms with E-state index in [9.17, 15) is 10.4 Å². The molecule has 2 N–H and O–H groups in total. The van der Waals surface area contributed by atoms with Crippen LogP contribution < -0.4 is 0 Å². The van der Waals surface area contributed by atoms with E-state index >= 15 is 0 Å². The highest BCUT2D eigenvalue weighted by atomic mass is 32.2. The summed E-state index contributed by atoms with van der Waals surface area (Å²) in [6.45, 7) is 3.46. The van der Waals surface area contributed by atoms with E-state index in [2.05, 4.69) is 21.1 Å². The third kappa shape index (κ3) is 3.78. The quantitative estimate of drug-likeness (QED) is 0.475. The Balaban J connectivity index is 1.48. The Morgan fingerprint density at radius 2 is 2.06 bits per heavy atom. The maximum absolute atomic E-state index is 10.7. The molecule has 2 aromatic carbocycles. The van der Waals surface area contributed by atoms with Gasteiger partial charge in [-0.3, -0.25) is 4.90 Å². The Morgan fingerprint density at radius 1 is 1.23 bits per heavy atom. The minimum absolute atomic E-state index is 0.00448. The minimum Gasteiger partial charge on any atom is -0.494 e. The molecule has 1 aromatic heterocycles. The maximum Gasteiger partial charge on any atom is 0.199 e. The van der Waals surface area contributed by atoms with Gasteiger partial charge in [-0.25, -0.2) is 4.99 Å². The number of hydrogen-bond acceptors (Lipinski definition) is 7. The van der Waals surface area contributed by atoms with Crippen molar-refractivity contribution in [3.8, 4) is 11.9 Å². The van der Waals surface area contributed by atoms with Crippen LogP contribution in [0.4, 0.5) is 5.69 Å². The molecule has 1 saturated heterocycles. The van der Waals surface area contributed by atoms with Gasteiger partial charge in [0.25, 0.3) is 0 Å². The fourth-order valence-corrected chi connectivity index (χ4v) is 4.91. The summed E-state index contributed by atoms with van der Waals surface area (Å²) in [5.74, 6) is 2.31. The molecule has 0 aliphatic carbocycles. The van der Waals surface area contributed by atoms with Crippen molar-refractivity contribution in [2.24, 2.45) is 10.1 Å². The summed E-state index contributed by atoms with van der Waals surface area (Å²) >= 11 is 1.98. The number of aliphatic imine (C=N–C) groups is 1. The van der Waals surface area contributed by atoms with Gasteiger partial charge in [0.1, 0.15) is 18.0 Å². The zero-order valence-electron chi connectivity index (χ0n) is 16.8. The molecule has 2 aliphatic heterocycles. The second-order valence-corrected chi connectivity index (χ2v) is 8.65. The van der Waals surface area contributed by atoms with Crippen molar-refractivity contribution in [2.45, 2.75) is 0 Å². The van der Waals surface area contributed by atoms with Crippen LogP contribution in [0.25, 0.3) is 10.9 Å². The molecule has 0 spiro atoms. The first-order chi connectivity index (χ1) is 15.2. The van der Waals surface area contributed by atoms with Gasteiger partial charge in [0.15, 0.2) is 5.88 Å². The molecule has 0 amide bonds. The Bertz CT molecular complexity index is 1230. The van der Waals surface area contributed by atoms with Crippen LogP contribution >= 0.6 is 11.8 Å². The first-order valence-corrected chi connectivity index (χ1v) is 11.3. The monoisotopic (exact) mass is 431 g/mol. The number of thioether (sulfide) groups is 1. The van der Waals surface area contributed by atoms with Gasteiger partial charge in [-0.15, -0.1) is 0 Å². The Kier molecular flexibility index (Phi) is 5.37. The van der Waals surface area contributed by atoms with Gasteiger partial charge in [0.2, 0.25) is 0 Å². The second-order valence-electron chi connectivity index (χ2n) is 7.43. The molecular weight excluding hydrogens is 410 g/mol. The minimum atomic E-state index is -0.00448. The topological polar surface area (TPSA) is 97.0 Å². The van der Waals surface area contributed by atoms with Crippen LogP contribution in [0.2, 0.25) is 0 Å². The largest absolute Gasteiger partial charge is 0.494 e. The lowest BCUT2D eigenvalue weighted by Gasteiger charge is -2.25. The summed E-state index contributed by atoms with van der Waals surface area (Å²) in [6, 6.07) is 15.1. The predicted octanol–water partition coefficient (Wildman–Crippen LogP) is 3.65. The van der Waals surface area contributed by atoms with Crippen LogP contribution in [0.1, 0.15) is 16.7 Å². The highest BCUT2D eigenvalue weighted by Crippen LogP contribution is 2.36. The van der Waals surface area contributed by atoms with Crippen LogP contribution in [-0.2, 0) is 4.84 Å². The average molecular weight is 432 g/mol.